The molecule has 3 aromatic rings. The molecular weight excluding hydrogens is 428 g/mol. The van der Waals surface area contributed by atoms with Gasteiger partial charge in [-0.25, -0.2) is 13.8 Å². The minimum absolute atomic E-state index is 0.243. The number of nitrogens with one attached hydrogen (secondary N) is 1. The van der Waals surface area contributed by atoms with Gasteiger partial charge in [-0.05, 0) is 30.3 Å². The molecule has 170 valence electrons. The Kier molecular flexibility index (Phi) is 5.87. The topological polar surface area (TPSA) is 70.6 Å². The molecule has 1 atom stereocenters. The molecule has 0 aliphatic carbocycles. The van der Waals surface area contributed by atoms with Crippen LogP contribution < -0.4 is 10.2 Å². The second kappa shape index (κ2) is 9.11. The van der Waals surface area contributed by atoms with Gasteiger partial charge in [-0.2, -0.15) is 0 Å². The Morgan fingerprint density at radius 1 is 1.09 bits per heavy atom. The molecule has 0 bridgehead atoms. The molecule has 2 aromatic heterocycles. The summed E-state index contributed by atoms with van der Waals surface area (Å²) in [6.45, 7) is 3.09. The first-order valence-electron chi connectivity index (χ1n) is 10.8. The molecule has 0 saturated carbocycles. The lowest BCUT2D eigenvalue weighted by molar-refractivity contribution is -0.125. The van der Waals surface area contributed by atoms with Crippen LogP contribution in [0.2, 0.25) is 0 Å². The van der Waals surface area contributed by atoms with Gasteiger partial charge in [-0.1, -0.05) is 6.07 Å². The number of rotatable bonds is 5. The largest absolute Gasteiger partial charge is 0.368 e. The number of amides is 1. The van der Waals surface area contributed by atoms with E-state index in [1.165, 1.54) is 6.07 Å². The van der Waals surface area contributed by atoms with Crippen molar-refractivity contribution in [2.45, 2.75) is 12.6 Å². The van der Waals surface area contributed by atoms with Crippen molar-refractivity contribution >= 4 is 17.9 Å². The number of aromatic nitrogens is 2. The predicted molar refractivity (Wildman–Crippen MR) is 120 cm³/mol. The normalized spacial score (nSPS) is 17.9. The minimum atomic E-state index is -0.460. The van der Waals surface area contributed by atoms with Crippen molar-refractivity contribution in [2.24, 2.45) is 0 Å². The Hall–Kier alpha value is -3.59. The third-order valence-electron chi connectivity index (χ3n) is 5.95. The Bertz CT molecular complexity index is 1160. The van der Waals surface area contributed by atoms with Crippen LogP contribution >= 0.6 is 0 Å². The average Bonchev–Trinajstić information content (AvgIpc) is 2.86. The SMILES string of the molecule is O=CN1CCOC(c2ccc(-c3cnc4c(c3)N(Cc3cc(F)ccc3F)CCN4)cn2)C1. The molecule has 2 aliphatic heterocycles. The molecular formula is C24H23F2N5O2. The first-order chi connectivity index (χ1) is 16.1. The zero-order valence-electron chi connectivity index (χ0n) is 17.9. The Balaban J connectivity index is 1.39. The van der Waals surface area contributed by atoms with Crippen LogP contribution in [0.1, 0.15) is 17.4 Å². The van der Waals surface area contributed by atoms with Crippen molar-refractivity contribution in [3.63, 3.8) is 0 Å². The number of nitrogens with zero attached hydrogens (tertiary/aromatic N) is 4. The van der Waals surface area contributed by atoms with Gasteiger partial charge in [0.15, 0.2) is 0 Å². The third-order valence-corrected chi connectivity index (χ3v) is 5.95. The van der Waals surface area contributed by atoms with E-state index < -0.39 is 11.6 Å². The van der Waals surface area contributed by atoms with Crippen LogP contribution in [0.5, 0.6) is 0 Å². The first kappa shape index (κ1) is 21.3. The zero-order chi connectivity index (χ0) is 22.8. The van der Waals surface area contributed by atoms with Crippen molar-refractivity contribution in [1.82, 2.24) is 14.9 Å². The molecule has 2 aliphatic rings. The first-order valence-corrected chi connectivity index (χ1v) is 10.8. The van der Waals surface area contributed by atoms with Gasteiger partial charge in [0.1, 0.15) is 23.6 Å². The molecule has 1 N–H and O–H groups in total. The highest BCUT2D eigenvalue weighted by Crippen LogP contribution is 2.33. The lowest BCUT2D eigenvalue weighted by atomic mass is 10.1. The summed E-state index contributed by atoms with van der Waals surface area (Å²) in [5, 5.41) is 3.26. The van der Waals surface area contributed by atoms with Crippen LogP contribution in [0, 0.1) is 11.6 Å². The molecule has 5 rings (SSSR count). The summed E-state index contributed by atoms with van der Waals surface area (Å²) in [5.41, 5.74) is 3.63. The number of morpholine rings is 1. The summed E-state index contributed by atoms with van der Waals surface area (Å²) in [5.74, 6) is -0.188. The quantitative estimate of drug-likeness (QED) is 0.600. The van der Waals surface area contributed by atoms with E-state index >= 15 is 0 Å². The highest BCUT2D eigenvalue weighted by Gasteiger charge is 2.23. The van der Waals surface area contributed by atoms with Gasteiger partial charge in [0.25, 0.3) is 0 Å². The van der Waals surface area contributed by atoms with Crippen LogP contribution in [-0.2, 0) is 16.1 Å². The van der Waals surface area contributed by atoms with Crippen molar-refractivity contribution in [3.8, 4) is 11.1 Å². The van der Waals surface area contributed by atoms with Crippen LogP contribution in [0.3, 0.4) is 0 Å². The number of hydrogen-bond acceptors (Lipinski definition) is 6. The van der Waals surface area contributed by atoms with Gasteiger partial charge in [-0.3, -0.25) is 9.78 Å². The summed E-state index contributed by atoms with van der Waals surface area (Å²) in [4.78, 5) is 23.8. The lowest BCUT2D eigenvalue weighted by Crippen LogP contribution is -2.37. The number of carbonyl (C=O) groups excluding carboxylic acids is 1. The number of anilines is 2. The molecule has 1 aromatic carbocycles. The number of halogens is 2. The summed E-state index contributed by atoms with van der Waals surface area (Å²) in [7, 11) is 0. The maximum absolute atomic E-state index is 14.2. The van der Waals surface area contributed by atoms with E-state index in [0.29, 0.717) is 44.2 Å². The Labute approximate surface area is 190 Å². The van der Waals surface area contributed by atoms with Crippen molar-refractivity contribution < 1.29 is 18.3 Å². The van der Waals surface area contributed by atoms with Crippen LogP contribution in [0.15, 0.2) is 48.8 Å². The van der Waals surface area contributed by atoms with Crippen LogP contribution in [0.4, 0.5) is 20.3 Å². The molecule has 1 unspecified atom stereocenters. The number of carbonyl (C=O) groups is 1. The number of ether oxygens (including phenoxy) is 1. The van der Waals surface area contributed by atoms with E-state index in [-0.39, 0.29) is 12.6 Å². The maximum Gasteiger partial charge on any atom is 0.209 e. The van der Waals surface area contributed by atoms with E-state index in [4.69, 9.17) is 4.74 Å². The predicted octanol–water partition coefficient (Wildman–Crippen LogP) is 3.38. The Morgan fingerprint density at radius 3 is 2.79 bits per heavy atom. The van der Waals surface area contributed by atoms with Gasteiger partial charge < -0.3 is 19.9 Å². The lowest BCUT2D eigenvalue weighted by Gasteiger charge is -2.32. The molecule has 7 nitrogen and oxygen atoms in total. The number of benzene rings is 1. The fourth-order valence-electron chi connectivity index (χ4n) is 4.16. The van der Waals surface area contributed by atoms with Gasteiger partial charge in [-0.15, -0.1) is 0 Å². The molecule has 0 spiro atoms. The number of pyridine rings is 2. The number of fused-ring (bicyclic) bond motifs is 1. The van der Waals surface area contributed by atoms with Gasteiger partial charge in [0, 0.05) is 55.3 Å². The van der Waals surface area contributed by atoms with E-state index in [0.717, 1.165) is 41.1 Å². The fourth-order valence-corrected chi connectivity index (χ4v) is 4.16. The van der Waals surface area contributed by atoms with Gasteiger partial charge in [0.2, 0.25) is 6.41 Å². The highest BCUT2D eigenvalue weighted by molar-refractivity contribution is 5.76. The zero-order valence-corrected chi connectivity index (χ0v) is 17.9. The van der Waals surface area contributed by atoms with E-state index in [1.807, 2.05) is 23.1 Å². The monoisotopic (exact) mass is 451 g/mol. The maximum atomic E-state index is 14.2. The van der Waals surface area contributed by atoms with Gasteiger partial charge >= 0.3 is 0 Å². The molecule has 33 heavy (non-hydrogen) atoms. The number of hydrogen-bond donors (Lipinski definition) is 1. The second-order valence-corrected chi connectivity index (χ2v) is 8.11. The standard InChI is InChI=1S/C24H23F2N5O2/c25-19-2-3-20(26)18(9-19)13-31-6-5-27-24-22(31)10-17(12-29-24)16-1-4-21(28-11-16)23-14-30(15-32)7-8-33-23/h1-4,9-12,15,23H,5-8,13-14H2,(H,27,29). The third kappa shape index (κ3) is 4.49. The molecule has 4 heterocycles. The molecule has 1 saturated heterocycles. The van der Waals surface area contributed by atoms with Crippen molar-refractivity contribution in [2.75, 3.05) is 43.0 Å². The fraction of sp³-hybridized carbons (Fsp3) is 0.292. The molecule has 9 heteroatoms. The smallest absolute Gasteiger partial charge is 0.209 e. The van der Waals surface area contributed by atoms with Gasteiger partial charge in [0.05, 0.1) is 24.5 Å². The van der Waals surface area contributed by atoms with Crippen LogP contribution in [-0.4, -0.2) is 54.1 Å². The molecule has 0 radical (unpaired) electrons. The average molecular weight is 451 g/mol. The van der Waals surface area contributed by atoms with Crippen molar-refractivity contribution in [3.05, 3.63) is 71.7 Å². The van der Waals surface area contributed by atoms with E-state index in [1.54, 1.807) is 17.3 Å². The van der Waals surface area contributed by atoms with Crippen molar-refractivity contribution in [1.29, 1.82) is 0 Å². The second-order valence-electron chi connectivity index (χ2n) is 8.11. The summed E-state index contributed by atoms with van der Waals surface area (Å²) < 4.78 is 33.6. The van der Waals surface area contributed by atoms with Crippen LogP contribution in [0.25, 0.3) is 11.1 Å². The summed E-state index contributed by atoms with van der Waals surface area (Å²) in [6.07, 6.45) is 4.10. The summed E-state index contributed by atoms with van der Waals surface area (Å²) in [6, 6.07) is 9.33. The minimum Gasteiger partial charge on any atom is -0.368 e. The van der Waals surface area contributed by atoms with E-state index in [9.17, 15) is 13.6 Å². The molecule has 1 amide bonds. The Morgan fingerprint density at radius 2 is 1.97 bits per heavy atom. The molecule has 1 fully saturated rings. The summed E-state index contributed by atoms with van der Waals surface area (Å²) >= 11 is 0. The highest BCUT2D eigenvalue weighted by atomic mass is 19.1. The van der Waals surface area contributed by atoms with E-state index in [2.05, 4.69) is 15.3 Å².